The minimum atomic E-state index is -0.663. The number of aromatic nitrogens is 2. The average molecular weight is 459 g/mol. The highest BCUT2D eigenvalue weighted by atomic mass is 35.5. The fourth-order valence-corrected chi connectivity index (χ4v) is 3.15. The molecule has 0 saturated heterocycles. The van der Waals surface area contributed by atoms with Gasteiger partial charge in [-0.25, -0.2) is 9.48 Å². The molecule has 6 nitrogen and oxygen atoms in total. The maximum Gasteiger partial charge on any atom is 0.338 e. The molecule has 1 N–H and O–H groups in total. The zero-order valence-electron chi connectivity index (χ0n) is 14.0. The Morgan fingerprint density at radius 2 is 1.68 bits per heavy atom. The lowest BCUT2D eigenvalue weighted by molar-refractivity contribution is -0.119. The fourth-order valence-electron chi connectivity index (χ4n) is 2.24. The summed E-state index contributed by atoms with van der Waals surface area (Å²) in [5.74, 6) is -1.31. The topological polar surface area (TPSA) is 73.2 Å². The van der Waals surface area contributed by atoms with E-state index in [0.29, 0.717) is 0 Å². The van der Waals surface area contributed by atoms with Gasteiger partial charge >= 0.3 is 5.97 Å². The van der Waals surface area contributed by atoms with E-state index < -0.39 is 18.5 Å². The molecule has 0 unspecified atom stereocenters. The molecule has 0 saturated carbocycles. The smallest absolute Gasteiger partial charge is 0.338 e. The fraction of sp³-hybridized carbons (Fsp3) is 0.0556. The molecular formula is C18H11Cl4N3O3. The van der Waals surface area contributed by atoms with Crippen LogP contribution in [0.4, 0.5) is 5.69 Å². The number of carbonyl (C=O) groups excluding carboxylic acids is 2. The summed E-state index contributed by atoms with van der Waals surface area (Å²) in [7, 11) is 0. The first-order chi connectivity index (χ1) is 13.4. The number of anilines is 1. The maximum absolute atomic E-state index is 12.1. The van der Waals surface area contributed by atoms with Crippen LogP contribution in [0.3, 0.4) is 0 Å². The normalized spacial score (nSPS) is 10.6. The first kappa shape index (κ1) is 20.5. The predicted octanol–water partition coefficient (Wildman–Crippen LogP) is 5.28. The molecule has 28 heavy (non-hydrogen) atoms. The third kappa shape index (κ3) is 4.59. The van der Waals surface area contributed by atoms with Crippen molar-refractivity contribution >= 4 is 64.0 Å². The molecule has 0 spiro atoms. The number of nitrogens with one attached hydrogen (secondary N) is 1. The van der Waals surface area contributed by atoms with E-state index in [1.807, 2.05) is 0 Å². The summed E-state index contributed by atoms with van der Waals surface area (Å²) in [6, 6.07) is 9.70. The maximum atomic E-state index is 12.1. The lowest BCUT2D eigenvalue weighted by Crippen LogP contribution is -2.21. The summed E-state index contributed by atoms with van der Waals surface area (Å²) in [4.78, 5) is 24.2. The van der Waals surface area contributed by atoms with Crippen LogP contribution in [0.1, 0.15) is 10.4 Å². The number of esters is 1. The number of nitrogens with zero attached hydrogens (tertiary/aromatic N) is 2. The van der Waals surface area contributed by atoms with Crippen molar-refractivity contribution in [3.8, 4) is 5.69 Å². The lowest BCUT2D eigenvalue weighted by atomic mass is 10.2. The molecule has 0 aliphatic heterocycles. The van der Waals surface area contributed by atoms with Gasteiger partial charge in [0.25, 0.3) is 5.91 Å². The van der Waals surface area contributed by atoms with E-state index in [9.17, 15) is 9.59 Å². The highest BCUT2D eigenvalue weighted by molar-refractivity contribution is 6.50. The Balaban J connectivity index is 1.61. The minimum Gasteiger partial charge on any atom is -0.452 e. The van der Waals surface area contributed by atoms with E-state index in [-0.39, 0.29) is 31.3 Å². The van der Waals surface area contributed by atoms with Gasteiger partial charge in [-0.1, -0.05) is 46.4 Å². The van der Waals surface area contributed by atoms with Crippen LogP contribution >= 0.6 is 46.4 Å². The molecule has 0 aliphatic carbocycles. The van der Waals surface area contributed by atoms with Crippen molar-refractivity contribution in [3.05, 3.63) is 74.4 Å². The van der Waals surface area contributed by atoms with Gasteiger partial charge in [0, 0.05) is 12.4 Å². The zero-order chi connectivity index (χ0) is 20.3. The van der Waals surface area contributed by atoms with Crippen LogP contribution in [0.25, 0.3) is 5.69 Å². The SMILES string of the molecule is O=C(COC(=O)c1ccc(-n2cccn2)cc1)Nc1c(Cl)c(Cl)cc(Cl)c1Cl. The summed E-state index contributed by atoms with van der Waals surface area (Å²) in [5.41, 5.74) is 1.11. The molecule has 1 aromatic heterocycles. The van der Waals surface area contributed by atoms with Crippen molar-refractivity contribution in [3.63, 3.8) is 0 Å². The van der Waals surface area contributed by atoms with Gasteiger partial charge in [0.1, 0.15) is 0 Å². The van der Waals surface area contributed by atoms with E-state index in [1.54, 1.807) is 47.4 Å². The summed E-state index contributed by atoms with van der Waals surface area (Å²) in [5, 5.41) is 6.84. The van der Waals surface area contributed by atoms with Crippen LogP contribution in [-0.2, 0) is 9.53 Å². The van der Waals surface area contributed by atoms with Crippen molar-refractivity contribution in [2.24, 2.45) is 0 Å². The largest absolute Gasteiger partial charge is 0.452 e. The number of amides is 1. The standard InChI is InChI=1S/C18H11Cl4N3O3/c19-12-8-13(20)16(22)17(15(12)21)24-14(26)9-28-18(27)10-2-4-11(5-3-10)25-7-1-6-23-25/h1-8H,9H2,(H,24,26). The van der Waals surface area contributed by atoms with Crippen LogP contribution in [0.5, 0.6) is 0 Å². The van der Waals surface area contributed by atoms with Gasteiger partial charge in [-0.15, -0.1) is 0 Å². The number of rotatable bonds is 5. The molecule has 1 heterocycles. The van der Waals surface area contributed by atoms with Gasteiger partial charge in [-0.2, -0.15) is 5.10 Å². The van der Waals surface area contributed by atoms with Crippen molar-refractivity contribution in [1.29, 1.82) is 0 Å². The van der Waals surface area contributed by atoms with E-state index in [2.05, 4.69) is 10.4 Å². The van der Waals surface area contributed by atoms with E-state index in [0.717, 1.165) is 5.69 Å². The third-order valence-corrected chi connectivity index (χ3v) is 5.16. The second-order valence-electron chi connectivity index (χ2n) is 5.46. The van der Waals surface area contributed by atoms with Crippen LogP contribution in [-0.4, -0.2) is 28.3 Å². The second-order valence-corrected chi connectivity index (χ2v) is 7.04. The van der Waals surface area contributed by atoms with E-state index >= 15 is 0 Å². The van der Waals surface area contributed by atoms with Crippen LogP contribution < -0.4 is 5.32 Å². The molecule has 0 atom stereocenters. The van der Waals surface area contributed by atoms with Gasteiger partial charge in [0.15, 0.2) is 6.61 Å². The van der Waals surface area contributed by atoms with Crippen LogP contribution in [0.2, 0.25) is 20.1 Å². The van der Waals surface area contributed by atoms with Gasteiger partial charge in [0.05, 0.1) is 37.0 Å². The summed E-state index contributed by atoms with van der Waals surface area (Å²) in [6.07, 6.45) is 3.42. The predicted molar refractivity (Wildman–Crippen MR) is 109 cm³/mol. The van der Waals surface area contributed by atoms with Crippen LogP contribution in [0.15, 0.2) is 48.8 Å². The highest BCUT2D eigenvalue weighted by Crippen LogP contribution is 2.40. The van der Waals surface area contributed by atoms with Crippen molar-refractivity contribution in [2.75, 3.05) is 11.9 Å². The molecule has 3 rings (SSSR count). The molecule has 10 heteroatoms. The molecule has 0 radical (unpaired) electrons. The molecule has 144 valence electrons. The Hall–Kier alpha value is -2.25. The summed E-state index contributed by atoms with van der Waals surface area (Å²) >= 11 is 23.9. The Kier molecular flexibility index (Phi) is 6.46. The minimum absolute atomic E-state index is 0.0324. The van der Waals surface area contributed by atoms with Crippen molar-refractivity contribution in [1.82, 2.24) is 9.78 Å². The molecule has 0 fully saturated rings. The number of hydrogen-bond donors (Lipinski definition) is 1. The van der Waals surface area contributed by atoms with Gasteiger partial charge in [-0.3, -0.25) is 4.79 Å². The molecule has 3 aromatic rings. The number of ether oxygens (including phenoxy) is 1. The Morgan fingerprint density at radius 1 is 1.04 bits per heavy atom. The van der Waals surface area contributed by atoms with E-state index in [4.69, 9.17) is 51.1 Å². The Bertz CT molecular complexity index is 995. The highest BCUT2D eigenvalue weighted by Gasteiger charge is 2.17. The first-order valence-electron chi connectivity index (χ1n) is 7.77. The number of hydrogen-bond acceptors (Lipinski definition) is 4. The average Bonchev–Trinajstić information content (AvgIpc) is 3.23. The van der Waals surface area contributed by atoms with Crippen molar-refractivity contribution in [2.45, 2.75) is 0 Å². The van der Waals surface area contributed by atoms with Crippen LogP contribution in [0, 0.1) is 0 Å². The molecule has 2 aromatic carbocycles. The number of benzene rings is 2. The number of halogens is 4. The van der Waals surface area contributed by atoms with Gasteiger partial charge < -0.3 is 10.1 Å². The number of carbonyl (C=O) groups is 2. The lowest BCUT2D eigenvalue weighted by Gasteiger charge is -2.12. The quantitative estimate of drug-likeness (QED) is 0.416. The van der Waals surface area contributed by atoms with Gasteiger partial charge in [0.2, 0.25) is 0 Å². The third-order valence-electron chi connectivity index (χ3n) is 3.58. The summed E-state index contributed by atoms with van der Waals surface area (Å²) < 4.78 is 6.65. The zero-order valence-corrected chi connectivity index (χ0v) is 17.0. The second kappa shape index (κ2) is 8.84. The molecule has 0 aliphatic rings. The van der Waals surface area contributed by atoms with Crippen molar-refractivity contribution < 1.29 is 14.3 Å². The monoisotopic (exact) mass is 457 g/mol. The Labute approximate surface area is 179 Å². The first-order valence-corrected chi connectivity index (χ1v) is 9.28. The molecule has 0 bridgehead atoms. The van der Waals surface area contributed by atoms with E-state index in [1.165, 1.54) is 6.07 Å². The molecular weight excluding hydrogens is 448 g/mol. The van der Waals surface area contributed by atoms with Gasteiger partial charge in [-0.05, 0) is 36.4 Å². The molecule has 1 amide bonds. The summed E-state index contributed by atoms with van der Waals surface area (Å²) in [6.45, 7) is -0.545. The Morgan fingerprint density at radius 3 is 2.25 bits per heavy atom.